The lowest BCUT2D eigenvalue weighted by atomic mass is 10.1. The maximum atomic E-state index is 5.44. The molecule has 0 spiro atoms. The van der Waals surface area contributed by atoms with Crippen molar-refractivity contribution in [1.82, 2.24) is 15.2 Å². The Bertz CT molecular complexity index is 1440. The van der Waals surface area contributed by atoms with Crippen molar-refractivity contribution in [2.24, 2.45) is 0 Å². The van der Waals surface area contributed by atoms with E-state index in [1.165, 1.54) is 0 Å². The van der Waals surface area contributed by atoms with E-state index in [1.54, 1.807) is 6.26 Å². The van der Waals surface area contributed by atoms with Crippen LogP contribution in [0.4, 0.5) is 11.4 Å². The van der Waals surface area contributed by atoms with E-state index < -0.39 is 0 Å². The van der Waals surface area contributed by atoms with Crippen LogP contribution >= 0.6 is 0 Å². The Kier molecular flexibility index (Phi) is 4.03. The largest absolute Gasteiger partial charge is 0.463 e. The number of benzene rings is 3. The smallest absolute Gasteiger partial charge is 0.151 e. The minimum Gasteiger partial charge on any atom is -0.463 e. The SMILES string of the molecule is c1coc(-c2cc(-c3ccc(Nc4c5ccccc5nc5ccccc45)cc3)n[nH]2)c1. The van der Waals surface area contributed by atoms with Crippen LogP contribution in [0.2, 0.25) is 0 Å². The van der Waals surface area contributed by atoms with Crippen molar-refractivity contribution in [3.63, 3.8) is 0 Å². The fourth-order valence-corrected chi connectivity index (χ4v) is 3.87. The third-order valence-electron chi connectivity index (χ3n) is 5.40. The molecule has 0 unspecified atom stereocenters. The summed E-state index contributed by atoms with van der Waals surface area (Å²) >= 11 is 0. The van der Waals surface area contributed by atoms with Gasteiger partial charge in [-0.1, -0.05) is 48.5 Å². The van der Waals surface area contributed by atoms with Gasteiger partial charge in [0.15, 0.2) is 5.76 Å². The summed E-state index contributed by atoms with van der Waals surface area (Å²) in [5.41, 5.74) is 6.78. The number of anilines is 2. The average molecular weight is 402 g/mol. The maximum absolute atomic E-state index is 5.44. The van der Waals surface area contributed by atoms with E-state index in [9.17, 15) is 0 Å². The highest BCUT2D eigenvalue weighted by Crippen LogP contribution is 2.33. The number of aromatic amines is 1. The minimum absolute atomic E-state index is 0.772. The Labute approximate surface area is 178 Å². The quantitative estimate of drug-likeness (QED) is 0.319. The summed E-state index contributed by atoms with van der Waals surface area (Å²) in [5, 5.41) is 13.3. The first kappa shape index (κ1) is 17.5. The molecule has 3 heterocycles. The molecule has 3 aromatic heterocycles. The topological polar surface area (TPSA) is 66.7 Å². The molecule has 0 saturated carbocycles. The van der Waals surface area contributed by atoms with Gasteiger partial charge in [-0.3, -0.25) is 5.10 Å². The van der Waals surface area contributed by atoms with Crippen molar-refractivity contribution in [2.45, 2.75) is 0 Å². The minimum atomic E-state index is 0.772. The summed E-state index contributed by atoms with van der Waals surface area (Å²) in [6.07, 6.45) is 1.66. The van der Waals surface area contributed by atoms with Gasteiger partial charge in [-0.15, -0.1) is 0 Å². The Morgan fingerprint density at radius 3 is 2.13 bits per heavy atom. The highest BCUT2D eigenvalue weighted by atomic mass is 16.3. The maximum Gasteiger partial charge on any atom is 0.151 e. The molecule has 6 rings (SSSR count). The summed E-state index contributed by atoms with van der Waals surface area (Å²) in [6.45, 7) is 0. The van der Waals surface area contributed by atoms with Crippen LogP contribution in [0.3, 0.4) is 0 Å². The van der Waals surface area contributed by atoms with Crippen molar-refractivity contribution in [3.8, 4) is 22.7 Å². The standard InChI is InChI=1S/C26H18N4O/c1-3-8-21-19(6-1)26(20-7-2-4-9-22(20)28-21)27-18-13-11-17(12-14-18)23-16-24(30-29-23)25-10-5-15-31-25/h1-16H,(H,27,28)(H,29,30). The third-order valence-corrected chi connectivity index (χ3v) is 5.40. The van der Waals surface area contributed by atoms with Crippen LogP contribution in [0.5, 0.6) is 0 Å². The Balaban J connectivity index is 1.36. The van der Waals surface area contributed by atoms with Gasteiger partial charge in [0.1, 0.15) is 5.69 Å². The van der Waals surface area contributed by atoms with E-state index in [-0.39, 0.29) is 0 Å². The summed E-state index contributed by atoms with van der Waals surface area (Å²) in [5.74, 6) is 0.772. The van der Waals surface area contributed by atoms with Crippen LogP contribution < -0.4 is 5.32 Å². The lowest BCUT2D eigenvalue weighted by Crippen LogP contribution is -1.95. The molecular formula is C26H18N4O. The van der Waals surface area contributed by atoms with E-state index in [0.717, 1.165) is 55.9 Å². The molecule has 0 atom stereocenters. The second-order valence-electron chi connectivity index (χ2n) is 7.37. The first-order valence-corrected chi connectivity index (χ1v) is 10.1. The number of hydrogen-bond donors (Lipinski definition) is 2. The molecule has 5 heteroatoms. The fraction of sp³-hybridized carbons (Fsp3) is 0. The second kappa shape index (κ2) is 7.15. The Hall–Kier alpha value is -4.38. The summed E-state index contributed by atoms with van der Waals surface area (Å²) in [4.78, 5) is 4.80. The van der Waals surface area contributed by atoms with Crippen molar-refractivity contribution >= 4 is 33.2 Å². The zero-order valence-electron chi connectivity index (χ0n) is 16.5. The number of para-hydroxylation sites is 2. The molecule has 148 valence electrons. The molecule has 0 bridgehead atoms. The predicted octanol–water partition coefficient (Wildman–Crippen LogP) is 6.78. The van der Waals surface area contributed by atoms with E-state index in [2.05, 4.69) is 51.9 Å². The normalized spacial score (nSPS) is 11.2. The van der Waals surface area contributed by atoms with Gasteiger partial charge in [-0.05, 0) is 42.5 Å². The van der Waals surface area contributed by atoms with Crippen molar-refractivity contribution in [3.05, 3.63) is 97.3 Å². The molecular weight excluding hydrogens is 384 g/mol. The van der Waals surface area contributed by atoms with E-state index in [4.69, 9.17) is 9.40 Å². The van der Waals surface area contributed by atoms with Crippen LogP contribution in [0.15, 0.2) is 102 Å². The molecule has 0 aliphatic heterocycles. The van der Waals surface area contributed by atoms with Gasteiger partial charge in [-0.2, -0.15) is 5.10 Å². The number of rotatable bonds is 4. The van der Waals surface area contributed by atoms with Crippen molar-refractivity contribution in [1.29, 1.82) is 0 Å². The van der Waals surface area contributed by atoms with Crippen LogP contribution in [0, 0.1) is 0 Å². The lowest BCUT2D eigenvalue weighted by molar-refractivity contribution is 0.580. The molecule has 0 fully saturated rings. The fourth-order valence-electron chi connectivity index (χ4n) is 3.87. The van der Waals surface area contributed by atoms with Crippen molar-refractivity contribution < 1.29 is 4.42 Å². The van der Waals surface area contributed by atoms with E-state index in [1.807, 2.05) is 54.6 Å². The van der Waals surface area contributed by atoms with Crippen LogP contribution in [-0.4, -0.2) is 15.2 Å². The number of fused-ring (bicyclic) bond motifs is 2. The molecule has 31 heavy (non-hydrogen) atoms. The molecule has 0 amide bonds. The monoisotopic (exact) mass is 402 g/mol. The molecule has 0 aliphatic carbocycles. The zero-order chi connectivity index (χ0) is 20.6. The third kappa shape index (κ3) is 3.13. The molecule has 0 radical (unpaired) electrons. The Morgan fingerprint density at radius 2 is 1.45 bits per heavy atom. The second-order valence-corrected chi connectivity index (χ2v) is 7.37. The lowest BCUT2D eigenvalue weighted by Gasteiger charge is -2.13. The zero-order valence-corrected chi connectivity index (χ0v) is 16.5. The number of pyridine rings is 1. The van der Waals surface area contributed by atoms with Gasteiger partial charge in [0.25, 0.3) is 0 Å². The molecule has 0 saturated heterocycles. The van der Waals surface area contributed by atoms with Gasteiger partial charge in [-0.25, -0.2) is 4.98 Å². The number of furan rings is 1. The number of nitrogens with zero attached hydrogens (tertiary/aromatic N) is 2. The summed E-state index contributed by atoms with van der Waals surface area (Å²) in [7, 11) is 0. The van der Waals surface area contributed by atoms with E-state index in [0.29, 0.717) is 0 Å². The van der Waals surface area contributed by atoms with E-state index >= 15 is 0 Å². The highest BCUT2D eigenvalue weighted by molar-refractivity contribution is 6.08. The number of hydrogen-bond acceptors (Lipinski definition) is 4. The summed E-state index contributed by atoms with van der Waals surface area (Å²) in [6, 6.07) is 30.5. The molecule has 6 aromatic rings. The van der Waals surface area contributed by atoms with Gasteiger partial charge in [0, 0.05) is 22.0 Å². The predicted molar refractivity (Wildman–Crippen MR) is 124 cm³/mol. The van der Waals surface area contributed by atoms with Crippen LogP contribution in [0.1, 0.15) is 0 Å². The highest BCUT2D eigenvalue weighted by Gasteiger charge is 2.10. The van der Waals surface area contributed by atoms with Gasteiger partial charge >= 0.3 is 0 Å². The summed E-state index contributed by atoms with van der Waals surface area (Å²) < 4.78 is 5.44. The number of aromatic nitrogens is 3. The van der Waals surface area contributed by atoms with Gasteiger partial charge < -0.3 is 9.73 Å². The molecule has 3 aromatic carbocycles. The molecule has 2 N–H and O–H groups in total. The van der Waals surface area contributed by atoms with Gasteiger partial charge in [0.2, 0.25) is 0 Å². The van der Waals surface area contributed by atoms with Crippen LogP contribution in [-0.2, 0) is 0 Å². The first-order valence-electron chi connectivity index (χ1n) is 10.1. The number of nitrogens with one attached hydrogen (secondary N) is 2. The first-order chi connectivity index (χ1) is 15.3. The molecule has 0 aliphatic rings. The number of H-pyrrole nitrogens is 1. The Morgan fingerprint density at radius 1 is 0.742 bits per heavy atom. The average Bonchev–Trinajstić information content (AvgIpc) is 3.52. The van der Waals surface area contributed by atoms with Crippen molar-refractivity contribution in [2.75, 3.05) is 5.32 Å². The van der Waals surface area contributed by atoms with Gasteiger partial charge in [0.05, 0.1) is 28.7 Å². The molecule has 5 nitrogen and oxygen atoms in total. The van der Waals surface area contributed by atoms with Crippen LogP contribution in [0.25, 0.3) is 44.5 Å².